The third-order valence-corrected chi connectivity index (χ3v) is 5.84. The van der Waals surface area contributed by atoms with Crippen molar-refractivity contribution in [2.75, 3.05) is 31.1 Å². The molecule has 0 bridgehead atoms. The molecule has 4 heterocycles. The Morgan fingerprint density at radius 2 is 1.62 bits per heavy atom. The van der Waals surface area contributed by atoms with Gasteiger partial charge in [0, 0.05) is 38.6 Å². The van der Waals surface area contributed by atoms with Crippen molar-refractivity contribution in [2.24, 2.45) is 0 Å². The molecule has 0 spiro atoms. The van der Waals surface area contributed by atoms with Gasteiger partial charge in [0.2, 0.25) is 0 Å². The molecule has 1 aliphatic heterocycles. The summed E-state index contributed by atoms with van der Waals surface area (Å²) in [5, 5.41) is 13.2. The van der Waals surface area contributed by atoms with E-state index in [1.54, 1.807) is 12.4 Å². The van der Waals surface area contributed by atoms with Crippen LogP contribution in [0.2, 0.25) is 0 Å². The minimum atomic E-state index is 0.0151. The molecule has 1 aliphatic rings. The number of amides is 1. The van der Waals surface area contributed by atoms with Gasteiger partial charge in [-0.05, 0) is 38.1 Å². The molecule has 4 aromatic rings. The van der Waals surface area contributed by atoms with E-state index in [1.807, 2.05) is 76.7 Å². The number of imidazole rings is 1. The molecule has 1 amide bonds. The molecule has 1 saturated heterocycles. The molecule has 0 N–H and O–H groups in total. The average molecular weight is 429 g/mol. The first-order valence-electron chi connectivity index (χ1n) is 10.6. The van der Waals surface area contributed by atoms with E-state index < -0.39 is 0 Å². The van der Waals surface area contributed by atoms with Crippen LogP contribution in [0.25, 0.3) is 11.5 Å². The Kier molecular flexibility index (Phi) is 5.14. The minimum Gasteiger partial charge on any atom is -0.352 e. The van der Waals surface area contributed by atoms with Gasteiger partial charge >= 0.3 is 0 Å². The molecule has 0 radical (unpaired) electrons. The highest BCUT2D eigenvalue weighted by atomic mass is 16.2. The van der Waals surface area contributed by atoms with E-state index in [2.05, 4.69) is 25.2 Å². The third kappa shape index (κ3) is 3.62. The smallest absolute Gasteiger partial charge is 0.257 e. The Morgan fingerprint density at radius 3 is 2.28 bits per heavy atom. The van der Waals surface area contributed by atoms with E-state index >= 15 is 0 Å². The Labute approximate surface area is 185 Å². The highest BCUT2D eigenvalue weighted by molar-refractivity contribution is 5.95. The fourth-order valence-corrected chi connectivity index (χ4v) is 3.99. The predicted octanol–water partition coefficient (Wildman–Crippen LogP) is 2.43. The summed E-state index contributed by atoms with van der Waals surface area (Å²) in [6, 6.07) is 13.8. The monoisotopic (exact) mass is 428 g/mol. The number of aromatic nitrogens is 6. The number of benzene rings is 1. The molecule has 0 aliphatic carbocycles. The molecule has 0 saturated carbocycles. The lowest BCUT2D eigenvalue weighted by atomic mass is 10.2. The van der Waals surface area contributed by atoms with Gasteiger partial charge in [-0.2, -0.15) is 5.10 Å². The second-order valence-corrected chi connectivity index (χ2v) is 7.76. The SMILES string of the molecule is Cc1nccn1-c1ccc(N2CCN(C(=O)c3cnn(-c4ccccc4)c3C)CC2)nn1. The molecule has 32 heavy (non-hydrogen) atoms. The molecule has 0 atom stereocenters. The quantitative estimate of drug-likeness (QED) is 0.496. The predicted molar refractivity (Wildman–Crippen MR) is 120 cm³/mol. The van der Waals surface area contributed by atoms with Crippen molar-refractivity contribution in [1.29, 1.82) is 0 Å². The van der Waals surface area contributed by atoms with Gasteiger partial charge in [0.1, 0.15) is 5.82 Å². The molecular weight excluding hydrogens is 404 g/mol. The second-order valence-electron chi connectivity index (χ2n) is 7.76. The summed E-state index contributed by atoms with van der Waals surface area (Å²) in [5.41, 5.74) is 2.43. The zero-order valence-corrected chi connectivity index (χ0v) is 18.1. The first-order valence-corrected chi connectivity index (χ1v) is 10.6. The number of carbonyl (C=O) groups is 1. The highest BCUT2D eigenvalue weighted by Gasteiger charge is 2.26. The number of rotatable bonds is 4. The lowest BCUT2D eigenvalue weighted by molar-refractivity contribution is 0.0745. The molecule has 0 unspecified atom stereocenters. The lowest BCUT2D eigenvalue weighted by Crippen LogP contribution is -2.49. The molecule has 3 aromatic heterocycles. The van der Waals surface area contributed by atoms with Crippen molar-refractivity contribution < 1.29 is 4.79 Å². The van der Waals surface area contributed by atoms with Gasteiger partial charge in [-0.1, -0.05) is 18.2 Å². The van der Waals surface area contributed by atoms with Crippen LogP contribution < -0.4 is 4.90 Å². The number of anilines is 1. The van der Waals surface area contributed by atoms with Crippen LogP contribution in [0, 0.1) is 13.8 Å². The molecule has 1 fully saturated rings. The third-order valence-electron chi connectivity index (χ3n) is 5.84. The molecule has 5 rings (SSSR count). The summed E-state index contributed by atoms with van der Waals surface area (Å²) < 4.78 is 3.70. The number of aryl methyl sites for hydroxylation is 1. The van der Waals surface area contributed by atoms with Crippen molar-refractivity contribution in [2.45, 2.75) is 13.8 Å². The zero-order chi connectivity index (χ0) is 22.1. The van der Waals surface area contributed by atoms with E-state index in [0.717, 1.165) is 28.8 Å². The molecule has 1 aromatic carbocycles. The van der Waals surface area contributed by atoms with E-state index in [-0.39, 0.29) is 5.91 Å². The lowest BCUT2D eigenvalue weighted by Gasteiger charge is -2.35. The van der Waals surface area contributed by atoms with Crippen LogP contribution in [0.5, 0.6) is 0 Å². The highest BCUT2D eigenvalue weighted by Crippen LogP contribution is 2.19. The van der Waals surface area contributed by atoms with Crippen LogP contribution in [-0.4, -0.2) is 66.5 Å². The van der Waals surface area contributed by atoms with Gasteiger partial charge in [0.25, 0.3) is 5.91 Å². The van der Waals surface area contributed by atoms with Crippen LogP contribution >= 0.6 is 0 Å². The standard InChI is InChI=1S/C23H24N8O/c1-17-20(16-25-31(17)19-6-4-3-5-7-19)23(32)29-14-12-28(13-15-29)21-8-9-22(27-26-21)30-11-10-24-18(30)2/h3-11,16H,12-15H2,1-2H3. The van der Waals surface area contributed by atoms with Gasteiger partial charge in [0.15, 0.2) is 11.6 Å². The van der Waals surface area contributed by atoms with Crippen molar-refractivity contribution in [3.05, 3.63) is 78.1 Å². The van der Waals surface area contributed by atoms with E-state index in [9.17, 15) is 4.79 Å². The van der Waals surface area contributed by atoms with Crippen LogP contribution in [0.1, 0.15) is 21.9 Å². The largest absolute Gasteiger partial charge is 0.352 e. The van der Waals surface area contributed by atoms with Gasteiger partial charge in [0.05, 0.1) is 23.1 Å². The van der Waals surface area contributed by atoms with E-state index in [0.29, 0.717) is 31.7 Å². The van der Waals surface area contributed by atoms with Crippen LogP contribution in [0.15, 0.2) is 61.1 Å². The first kappa shape index (κ1) is 19.9. The Hall–Kier alpha value is -4.01. The summed E-state index contributed by atoms with van der Waals surface area (Å²) in [7, 11) is 0. The first-order chi connectivity index (χ1) is 15.6. The summed E-state index contributed by atoms with van der Waals surface area (Å²) in [6.45, 7) is 6.52. The van der Waals surface area contributed by atoms with Crippen LogP contribution in [0.3, 0.4) is 0 Å². The fraction of sp³-hybridized carbons (Fsp3) is 0.261. The molecule has 162 valence electrons. The maximum absolute atomic E-state index is 13.1. The van der Waals surface area contributed by atoms with Gasteiger partial charge < -0.3 is 9.80 Å². The summed E-state index contributed by atoms with van der Waals surface area (Å²) in [6.07, 6.45) is 5.27. The van der Waals surface area contributed by atoms with Crippen molar-refractivity contribution in [3.8, 4) is 11.5 Å². The number of hydrogen-bond acceptors (Lipinski definition) is 6. The number of hydrogen-bond donors (Lipinski definition) is 0. The van der Waals surface area contributed by atoms with E-state index in [4.69, 9.17) is 0 Å². The van der Waals surface area contributed by atoms with E-state index in [1.165, 1.54) is 0 Å². The normalized spacial score (nSPS) is 14.1. The molecular formula is C23H24N8O. The van der Waals surface area contributed by atoms with Crippen LogP contribution in [0.4, 0.5) is 5.82 Å². The summed E-state index contributed by atoms with van der Waals surface area (Å²) >= 11 is 0. The molecule has 9 heteroatoms. The number of para-hydroxylation sites is 1. The molecule has 9 nitrogen and oxygen atoms in total. The van der Waals surface area contributed by atoms with Crippen molar-refractivity contribution in [1.82, 2.24) is 34.4 Å². The van der Waals surface area contributed by atoms with Crippen molar-refractivity contribution >= 4 is 11.7 Å². The van der Waals surface area contributed by atoms with Gasteiger partial charge in [-0.3, -0.25) is 9.36 Å². The maximum Gasteiger partial charge on any atom is 0.257 e. The topological polar surface area (TPSA) is 85.0 Å². The average Bonchev–Trinajstić information content (AvgIpc) is 3.45. The Balaban J connectivity index is 1.25. The number of piperazine rings is 1. The number of carbonyl (C=O) groups excluding carboxylic acids is 1. The van der Waals surface area contributed by atoms with Gasteiger partial charge in [-0.25, -0.2) is 9.67 Å². The zero-order valence-electron chi connectivity index (χ0n) is 18.1. The Morgan fingerprint density at radius 1 is 0.906 bits per heavy atom. The second kappa shape index (κ2) is 8.26. The van der Waals surface area contributed by atoms with Crippen LogP contribution in [-0.2, 0) is 0 Å². The van der Waals surface area contributed by atoms with Crippen molar-refractivity contribution in [3.63, 3.8) is 0 Å². The minimum absolute atomic E-state index is 0.0151. The number of nitrogens with zero attached hydrogens (tertiary/aromatic N) is 8. The fourth-order valence-electron chi connectivity index (χ4n) is 3.99. The summed E-state index contributed by atoms with van der Waals surface area (Å²) in [5.74, 6) is 2.43. The Bertz CT molecular complexity index is 1220. The summed E-state index contributed by atoms with van der Waals surface area (Å²) in [4.78, 5) is 21.4. The van der Waals surface area contributed by atoms with Gasteiger partial charge in [-0.15, -0.1) is 10.2 Å². The maximum atomic E-state index is 13.1.